The number of benzene rings is 2. The molecule has 1 N–H and O–H groups in total. The summed E-state index contributed by atoms with van der Waals surface area (Å²) in [6.45, 7) is 1.87. The van der Waals surface area contributed by atoms with Gasteiger partial charge in [0.15, 0.2) is 17.6 Å². The third-order valence-corrected chi connectivity index (χ3v) is 6.11. The number of rotatable bonds is 6. The summed E-state index contributed by atoms with van der Waals surface area (Å²) < 4.78 is 7.32. The number of ether oxygens (including phenoxy) is 1. The SMILES string of the molecule is C[C@@H](c1nnc(SCC(=O)Nc2ccc(Cl)cc2)n1C)N1C(=O)COc2ccccc21. The summed E-state index contributed by atoms with van der Waals surface area (Å²) in [6.07, 6.45) is 0. The number of hydrogen-bond acceptors (Lipinski definition) is 6. The lowest BCUT2D eigenvalue weighted by Crippen LogP contribution is -2.41. The summed E-state index contributed by atoms with van der Waals surface area (Å²) in [5, 5.41) is 12.5. The molecule has 31 heavy (non-hydrogen) atoms. The van der Waals surface area contributed by atoms with Crippen LogP contribution in [0.25, 0.3) is 0 Å². The second-order valence-corrected chi connectivity index (χ2v) is 8.32. The predicted octanol–water partition coefficient (Wildman–Crippen LogP) is 3.69. The lowest BCUT2D eigenvalue weighted by molar-refractivity contribution is -0.121. The number of halogens is 1. The van der Waals surface area contributed by atoms with Crippen molar-refractivity contribution in [2.45, 2.75) is 18.1 Å². The Morgan fingerprint density at radius 2 is 1.97 bits per heavy atom. The maximum absolute atomic E-state index is 12.6. The number of carbonyl (C=O) groups excluding carboxylic acids is 2. The first-order valence-corrected chi connectivity index (χ1v) is 10.9. The molecule has 4 rings (SSSR count). The Bertz CT molecular complexity index is 1120. The quantitative estimate of drug-likeness (QED) is 0.568. The van der Waals surface area contributed by atoms with Crippen LogP contribution in [0.1, 0.15) is 18.8 Å². The van der Waals surface area contributed by atoms with Crippen molar-refractivity contribution in [3.63, 3.8) is 0 Å². The zero-order valence-corrected chi connectivity index (χ0v) is 18.5. The van der Waals surface area contributed by atoms with Crippen molar-refractivity contribution < 1.29 is 14.3 Å². The van der Waals surface area contributed by atoms with Crippen LogP contribution in [-0.2, 0) is 16.6 Å². The van der Waals surface area contributed by atoms with Crippen LogP contribution in [0.2, 0.25) is 5.02 Å². The van der Waals surface area contributed by atoms with E-state index < -0.39 is 0 Å². The number of amides is 2. The van der Waals surface area contributed by atoms with E-state index >= 15 is 0 Å². The normalized spacial score (nSPS) is 14.0. The summed E-state index contributed by atoms with van der Waals surface area (Å²) in [6, 6.07) is 14.0. The van der Waals surface area contributed by atoms with Crippen molar-refractivity contribution in [1.29, 1.82) is 0 Å². The third-order valence-electron chi connectivity index (χ3n) is 4.83. The van der Waals surface area contributed by atoms with Crippen molar-refractivity contribution in [3.05, 3.63) is 59.4 Å². The molecule has 0 fully saturated rings. The number of anilines is 2. The lowest BCUT2D eigenvalue weighted by atomic mass is 10.1. The third kappa shape index (κ3) is 4.52. The van der Waals surface area contributed by atoms with Gasteiger partial charge in [-0.2, -0.15) is 0 Å². The second-order valence-electron chi connectivity index (χ2n) is 6.94. The number of hydrogen-bond donors (Lipinski definition) is 1. The fourth-order valence-electron chi connectivity index (χ4n) is 3.34. The van der Waals surface area contributed by atoms with Crippen LogP contribution in [0.4, 0.5) is 11.4 Å². The first-order chi connectivity index (χ1) is 14.9. The Hall–Kier alpha value is -3.04. The molecule has 1 aromatic heterocycles. The molecule has 1 aliphatic heterocycles. The highest BCUT2D eigenvalue weighted by atomic mass is 35.5. The van der Waals surface area contributed by atoms with E-state index in [4.69, 9.17) is 16.3 Å². The van der Waals surface area contributed by atoms with Gasteiger partial charge >= 0.3 is 0 Å². The molecule has 2 aromatic carbocycles. The van der Waals surface area contributed by atoms with E-state index in [1.54, 1.807) is 33.7 Å². The van der Waals surface area contributed by atoms with Gasteiger partial charge < -0.3 is 14.6 Å². The summed E-state index contributed by atoms with van der Waals surface area (Å²) in [7, 11) is 1.82. The summed E-state index contributed by atoms with van der Waals surface area (Å²) >= 11 is 7.13. The number of thioether (sulfide) groups is 1. The second kappa shape index (κ2) is 8.99. The average Bonchev–Trinajstić information content (AvgIpc) is 3.14. The fourth-order valence-corrected chi connectivity index (χ4v) is 4.18. The number of carbonyl (C=O) groups is 2. The van der Waals surface area contributed by atoms with Crippen LogP contribution >= 0.6 is 23.4 Å². The molecular formula is C21H20ClN5O3S. The molecule has 2 heterocycles. The lowest BCUT2D eigenvalue weighted by Gasteiger charge is -2.33. The molecule has 10 heteroatoms. The summed E-state index contributed by atoms with van der Waals surface area (Å²) in [5.74, 6) is 1.13. The van der Waals surface area contributed by atoms with Gasteiger partial charge in [0.1, 0.15) is 5.75 Å². The standard InChI is InChI=1S/C21H20ClN5O3S/c1-13(27-16-5-3-4-6-17(16)30-11-19(27)29)20-24-25-21(26(20)2)31-12-18(28)23-15-9-7-14(22)8-10-15/h3-10,13H,11-12H2,1-2H3,(H,23,28)/t13-/m0/s1. The molecule has 3 aromatic rings. The molecule has 1 atom stereocenters. The molecular weight excluding hydrogens is 438 g/mol. The fraction of sp³-hybridized carbons (Fsp3) is 0.238. The van der Waals surface area contributed by atoms with Crippen LogP contribution < -0.4 is 15.0 Å². The molecule has 0 radical (unpaired) electrons. The maximum atomic E-state index is 12.6. The van der Waals surface area contributed by atoms with Gasteiger partial charge in [-0.3, -0.25) is 14.5 Å². The largest absolute Gasteiger partial charge is 0.482 e. The van der Waals surface area contributed by atoms with Crippen LogP contribution in [0.3, 0.4) is 0 Å². The van der Waals surface area contributed by atoms with E-state index in [1.165, 1.54) is 11.8 Å². The van der Waals surface area contributed by atoms with E-state index in [9.17, 15) is 9.59 Å². The number of fused-ring (bicyclic) bond motifs is 1. The smallest absolute Gasteiger partial charge is 0.265 e. The summed E-state index contributed by atoms with van der Waals surface area (Å²) in [5.41, 5.74) is 1.37. The predicted molar refractivity (Wildman–Crippen MR) is 120 cm³/mol. The molecule has 2 amide bonds. The zero-order valence-electron chi connectivity index (χ0n) is 16.9. The minimum absolute atomic E-state index is 0.0221. The highest BCUT2D eigenvalue weighted by Crippen LogP contribution is 2.37. The molecule has 160 valence electrons. The van der Waals surface area contributed by atoms with Gasteiger partial charge in [0.25, 0.3) is 5.91 Å². The topological polar surface area (TPSA) is 89.4 Å². The van der Waals surface area contributed by atoms with Crippen molar-refractivity contribution in [1.82, 2.24) is 14.8 Å². The molecule has 0 unspecified atom stereocenters. The van der Waals surface area contributed by atoms with Gasteiger partial charge in [-0.05, 0) is 43.3 Å². The molecule has 0 spiro atoms. The van der Waals surface area contributed by atoms with Gasteiger partial charge in [0.05, 0.1) is 17.5 Å². The average molecular weight is 458 g/mol. The highest BCUT2D eigenvalue weighted by molar-refractivity contribution is 7.99. The minimum atomic E-state index is -0.354. The Morgan fingerprint density at radius 3 is 2.74 bits per heavy atom. The molecule has 0 saturated heterocycles. The van der Waals surface area contributed by atoms with Gasteiger partial charge in [-0.15, -0.1) is 10.2 Å². The number of nitrogens with one attached hydrogen (secondary N) is 1. The van der Waals surface area contributed by atoms with Gasteiger partial charge in [0.2, 0.25) is 5.91 Å². The van der Waals surface area contributed by atoms with E-state index in [1.807, 2.05) is 38.2 Å². The number of para-hydroxylation sites is 2. The van der Waals surface area contributed by atoms with Gasteiger partial charge in [-0.1, -0.05) is 35.5 Å². The van der Waals surface area contributed by atoms with Crippen molar-refractivity contribution in [3.8, 4) is 5.75 Å². The van der Waals surface area contributed by atoms with E-state index in [0.29, 0.717) is 33.1 Å². The molecule has 0 aliphatic carbocycles. The van der Waals surface area contributed by atoms with Crippen LogP contribution in [0.15, 0.2) is 53.7 Å². The first-order valence-electron chi connectivity index (χ1n) is 9.55. The molecule has 0 saturated carbocycles. The van der Waals surface area contributed by atoms with Crippen LogP contribution in [0.5, 0.6) is 5.75 Å². The van der Waals surface area contributed by atoms with Crippen LogP contribution in [0, 0.1) is 0 Å². The first kappa shape index (κ1) is 21.2. The van der Waals surface area contributed by atoms with E-state index in [2.05, 4.69) is 15.5 Å². The maximum Gasteiger partial charge on any atom is 0.265 e. The Kier molecular flexibility index (Phi) is 6.15. The number of aromatic nitrogens is 3. The summed E-state index contributed by atoms with van der Waals surface area (Å²) in [4.78, 5) is 26.5. The van der Waals surface area contributed by atoms with Crippen molar-refractivity contribution in [2.75, 3.05) is 22.6 Å². The van der Waals surface area contributed by atoms with E-state index in [0.717, 1.165) is 0 Å². The Balaban J connectivity index is 1.45. The highest BCUT2D eigenvalue weighted by Gasteiger charge is 2.32. The minimum Gasteiger partial charge on any atom is -0.482 e. The van der Waals surface area contributed by atoms with Crippen LogP contribution in [-0.4, -0.2) is 38.9 Å². The molecule has 0 bridgehead atoms. The molecule has 1 aliphatic rings. The Labute approximate surface area is 188 Å². The van der Waals surface area contributed by atoms with Crippen molar-refractivity contribution in [2.24, 2.45) is 7.05 Å². The van der Waals surface area contributed by atoms with Crippen molar-refractivity contribution >= 4 is 46.6 Å². The Morgan fingerprint density at radius 1 is 1.23 bits per heavy atom. The zero-order chi connectivity index (χ0) is 22.0. The van der Waals surface area contributed by atoms with Gasteiger partial charge in [0, 0.05) is 17.8 Å². The van der Waals surface area contributed by atoms with Gasteiger partial charge in [-0.25, -0.2) is 0 Å². The number of nitrogens with zero attached hydrogens (tertiary/aromatic N) is 4. The molecule has 8 nitrogen and oxygen atoms in total. The van der Waals surface area contributed by atoms with E-state index in [-0.39, 0.29) is 30.2 Å². The monoisotopic (exact) mass is 457 g/mol.